The van der Waals surface area contributed by atoms with Gasteiger partial charge in [-0.15, -0.1) is 0 Å². The van der Waals surface area contributed by atoms with Crippen LogP contribution < -0.4 is 4.72 Å². The summed E-state index contributed by atoms with van der Waals surface area (Å²) in [7, 11) is -4.04. The molecule has 0 spiro atoms. The molecule has 4 rings (SSSR count). The first-order valence-electron chi connectivity index (χ1n) is 8.21. The zero-order valence-corrected chi connectivity index (χ0v) is 16.1. The number of rotatable bonds is 5. The zero-order chi connectivity index (χ0) is 18.3. The Labute approximate surface area is 159 Å². The molecule has 1 N–H and O–H groups in total. The number of halogens is 1. The number of hydrogen-bond acceptors (Lipinski definition) is 4. The number of sulfonamides is 1. The van der Waals surface area contributed by atoms with Crippen molar-refractivity contribution >= 4 is 42.8 Å². The van der Waals surface area contributed by atoms with E-state index in [2.05, 4.69) is 25.6 Å². The largest absolute Gasteiger partial charge is 0.336 e. The number of carbonyl (C=O) groups is 1. The van der Waals surface area contributed by atoms with E-state index in [1.54, 1.807) is 12.1 Å². The molecule has 134 valence electrons. The Morgan fingerprint density at radius 1 is 1.23 bits per heavy atom. The smallest absolute Gasteiger partial charge is 0.281 e. The molecule has 8 heteroatoms. The molecule has 1 aliphatic carbocycles. The van der Waals surface area contributed by atoms with Gasteiger partial charge in [-0.05, 0) is 59.0 Å². The molecule has 2 heterocycles. The number of carbonyl (C=O) groups excluding carboxylic acids is 1. The highest BCUT2D eigenvalue weighted by molar-refractivity contribution is 9.10. The van der Waals surface area contributed by atoms with Crippen molar-refractivity contribution in [3.63, 3.8) is 0 Å². The average molecular weight is 434 g/mol. The summed E-state index contributed by atoms with van der Waals surface area (Å²) in [6, 6.07) is 12.3. The summed E-state index contributed by atoms with van der Waals surface area (Å²) >= 11 is 3.21. The second-order valence-corrected chi connectivity index (χ2v) is 8.94. The number of nitrogens with zero attached hydrogens (tertiary/aromatic N) is 2. The number of hydrogen-bond donors (Lipinski definition) is 1. The maximum absolute atomic E-state index is 12.7. The van der Waals surface area contributed by atoms with E-state index in [1.807, 2.05) is 28.8 Å². The first-order valence-corrected chi connectivity index (χ1v) is 10.5. The van der Waals surface area contributed by atoms with E-state index >= 15 is 0 Å². The molecule has 1 amide bonds. The fourth-order valence-electron chi connectivity index (χ4n) is 2.90. The molecule has 6 nitrogen and oxygen atoms in total. The average Bonchev–Trinajstić information content (AvgIpc) is 3.35. The van der Waals surface area contributed by atoms with Crippen LogP contribution >= 0.6 is 15.9 Å². The van der Waals surface area contributed by atoms with E-state index < -0.39 is 15.9 Å². The Morgan fingerprint density at radius 2 is 2.00 bits per heavy atom. The number of fused-ring (bicyclic) bond motifs is 1. The minimum absolute atomic E-state index is 0.195. The molecular weight excluding hydrogens is 418 g/mol. The number of amides is 1. The Bertz CT molecular complexity index is 1090. The summed E-state index contributed by atoms with van der Waals surface area (Å²) in [5.74, 6) is -0.103. The van der Waals surface area contributed by atoms with Gasteiger partial charge in [0.15, 0.2) is 5.03 Å². The van der Waals surface area contributed by atoms with Crippen molar-refractivity contribution in [3.8, 4) is 0 Å². The first kappa shape index (κ1) is 17.2. The van der Waals surface area contributed by atoms with Gasteiger partial charge < -0.3 is 4.57 Å². The van der Waals surface area contributed by atoms with Crippen LogP contribution in [0.4, 0.5) is 0 Å². The van der Waals surface area contributed by atoms with Gasteiger partial charge in [0, 0.05) is 28.1 Å². The van der Waals surface area contributed by atoms with Gasteiger partial charge in [-0.1, -0.05) is 18.2 Å². The normalized spacial score (nSPS) is 14.5. The molecule has 0 atom stereocenters. The lowest BCUT2D eigenvalue weighted by Crippen LogP contribution is -2.32. The van der Waals surface area contributed by atoms with Crippen LogP contribution in [0.15, 0.2) is 58.2 Å². The number of aromatic nitrogens is 2. The molecular formula is C18H16BrN3O3S. The number of para-hydroxylation sites is 1. The topological polar surface area (TPSA) is 81.1 Å². The molecule has 1 saturated carbocycles. The first-order chi connectivity index (χ1) is 12.4. The van der Waals surface area contributed by atoms with Crippen LogP contribution in [0.2, 0.25) is 0 Å². The number of pyridine rings is 1. The van der Waals surface area contributed by atoms with Crippen LogP contribution in [-0.2, 0) is 16.6 Å². The van der Waals surface area contributed by atoms with Crippen molar-refractivity contribution in [1.29, 1.82) is 0 Å². The maximum Gasteiger partial charge on any atom is 0.281 e. The Morgan fingerprint density at radius 3 is 2.69 bits per heavy atom. The molecule has 2 aromatic heterocycles. The molecule has 26 heavy (non-hydrogen) atoms. The van der Waals surface area contributed by atoms with Crippen molar-refractivity contribution in [2.24, 2.45) is 5.92 Å². The summed E-state index contributed by atoms with van der Waals surface area (Å²) < 4.78 is 29.6. The summed E-state index contributed by atoms with van der Waals surface area (Å²) in [5.41, 5.74) is 1.28. The summed E-state index contributed by atoms with van der Waals surface area (Å²) in [6.45, 7) is 0.715. The van der Waals surface area contributed by atoms with Gasteiger partial charge in [0.1, 0.15) is 5.69 Å². The Kier molecular flexibility index (Phi) is 4.32. The lowest BCUT2D eigenvalue weighted by molar-refractivity contribution is 0.0972. The highest BCUT2D eigenvalue weighted by atomic mass is 79.9. The monoisotopic (exact) mass is 433 g/mol. The van der Waals surface area contributed by atoms with Gasteiger partial charge in [0.25, 0.3) is 15.9 Å². The highest BCUT2D eigenvalue weighted by Crippen LogP contribution is 2.33. The fraction of sp³-hybridized carbons (Fsp3) is 0.222. The van der Waals surface area contributed by atoms with Gasteiger partial charge in [0.05, 0.1) is 0 Å². The van der Waals surface area contributed by atoms with Gasteiger partial charge in [-0.25, -0.2) is 9.71 Å². The summed E-state index contributed by atoms with van der Waals surface area (Å²) in [5, 5.41) is 0.719. The minimum Gasteiger partial charge on any atom is -0.336 e. The van der Waals surface area contributed by atoms with Crippen LogP contribution in [0.3, 0.4) is 0 Å². The zero-order valence-electron chi connectivity index (χ0n) is 13.7. The van der Waals surface area contributed by atoms with E-state index in [9.17, 15) is 13.2 Å². The van der Waals surface area contributed by atoms with Gasteiger partial charge in [-0.2, -0.15) is 8.42 Å². The lowest BCUT2D eigenvalue weighted by Gasteiger charge is -2.11. The van der Waals surface area contributed by atoms with E-state index in [0.29, 0.717) is 22.6 Å². The van der Waals surface area contributed by atoms with Crippen LogP contribution in [0.1, 0.15) is 23.3 Å². The van der Waals surface area contributed by atoms with E-state index in [4.69, 9.17) is 0 Å². The van der Waals surface area contributed by atoms with Crippen molar-refractivity contribution in [2.75, 3.05) is 0 Å². The standard InChI is InChI=1S/C18H16BrN3O3S/c19-14-7-8-17(20-10-14)26(24,25)21-18(23)16-9-13-3-1-2-4-15(13)22(16)11-12-5-6-12/h1-4,7-10,12H,5-6,11H2,(H,21,23). The van der Waals surface area contributed by atoms with Crippen molar-refractivity contribution in [1.82, 2.24) is 14.3 Å². The molecule has 1 fully saturated rings. The third-order valence-electron chi connectivity index (χ3n) is 4.38. The van der Waals surface area contributed by atoms with Gasteiger partial charge in [-0.3, -0.25) is 4.79 Å². The number of benzene rings is 1. The molecule has 1 aliphatic rings. The Hall–Kier alpha value is -2.19. The third kappa shape index (κ3) is 3.39. The van der Waals surface area contributed by atoms with E-state index in [1.165, 1.54) is 12.3 Å². The van der Waals surface area contributed by atoms with Crippen LogP contribution in [-0.4, -0.2) is 23.9 Å². The SMILES string of the molecule is O=C(NS(=O)(=O)c1ccc(Br)cn1)c1cc2ccccc2n1CC1CC1. The third-order valence-corrected chi connectivity index (χ3v) is 6.10. The van der Waals surface area contributed by atoms with Crippen LogP contribution in [0.25, 0.3) is 10.9 Å². The highest BCUT2D eigenvalue weighted by Gasteiger charge is 2.27. The van der Waals surface area contributed by atoms with Gasteiger partial charge in [0.2, 0.25) is 0 Å². The molecule has 0 saturated heterocycles. The maximum atomic E-state index is 12.7. The van der Waals surface area contributed by atoms with Crippen LogP contribution in [0.5, 0.6) is 0 Å². The second-order valence-electron chi connectivity index (χ2n) is 6.39. The van der Waals surface area contributed by atoms with Crippen LogP contribution in [0, 0.1) is 5.92 Å². The van der Waals surface area contributed by atoms with E-state index in [-0.39, 0.29) is 5.03 Å². The van der Waals surface area contributed by atoms with Crippen molar-refractivity contribution < 1.29 is 13.2 Å². The minimum atomic E-state index is -4.04. The summed E-state index contributed by atoms with van der Waals surface area (Å²) in [6.07, 6.45) is 3.65. The molecule has 0 bridgehead atoms. The second kappa shape index (κ2) is 6.51. The van der Waals surface area contributed by atoms with Crippen molar-refractivity contribution in [2.45, 2.75) is 24.4 Å². The van der Waals surface area contributed by atoms with E-state index in [0.717, 1.165) is 23.7 Å². The molecule has 1 aromatic carbocycles. The quantitative estimate of drug-likeness (QED) is 0.668. The molecule has 0 unspecified atom stereocenters. The molecule has 3 aromatic rings. The predicted octanol–water partition coefficient (Wildman–Crippen LogP) is 3.33. The molecule has 0 radical (unpaired) electrons. The van der Waals surface area contributed by atoms with Crippen molar-refractivity contribution in [3.05, 3.63) is 58.8 Å². The summed E-state index contributed by atoms with van der Waals surface area (Å²) in [4.78, 5) is 16.6. The molecule has 0 aliphatic heterocycles. The van der Waals surface area contributed by atoms with Gasteiger partial charge >= 0.3 is 0 Å². The predicted molar refractivity (Wildman–Crippen MR) is 101 cm³/mol. The lowest BCUT2D eigenvalue weighted by atomic mass is 10.2. The number of nitrogens with one attached hydrogen (secondary N) is 1. The Balaban J connectivity index is 1.68. The fourth-order valence-corrected chi connectivity index (χ4v) is 4.03.